The first-order valence-corrected chi connectivity index (χ1v) is 14.0. The van der Waals surface area contributed by atoms with Crippen molar-refractivity contribution in [3.63, 3.8) is 0 Å². The van der Waals surface area contributed by atoms with Gasteiger partial charge in [-0.05, 0) is 93.2 Å². The lowest BCUT2D eigenvalue weighted by Gasteiger charge is -2.58. The van der Waals surface area contributed by atoms with E-state index in [0.29, 0.717) is 48.6 Å². The summed E-state index contributed by atoms with van der Waals surface area (Å²) in [5.41, 5.74) is -1.20. The van der Waals surface area contributed by atoms with Crippen LogP contribution in [0.25, 0.3) is 0 Å². The molecule has 0 radical (unpaired) electrons. The number of halogens is 1. The van der Waals surface area contributed by atoms with Gasteiger partial charge in [-0.1, -0.05) is 30.5 Å². The van der Waals surface area contributed by atoms with E-state index in [1.165, 1.54) is 6.07 Å². The van der Waals surface area contributed by atoms with Crippen molar-refractivity contribution in [3.8, 4) is 0 Å². The SMILES string of the molecule is Cc1c(Cl)cccc1S(=O)(=O)NC1(C(=O)CC2C3CC4CC2CC(C(=O)O)(C4)C3)CCCC1. The zero-order valence-corrected chi connectivity index (χ0v) is 20.6. The van der Waals surface area contributed by atoms with Crippen molar-refractivity contribution >= 4 is 33.4 Å². The largest absolute Gasteiger partial charge is 0.481 e. The Balaban J connectivity index is 1.38. The molecule has 5 saturated carbocycles. The van der Waals surface area contributed by atoms with Crippen molar-refractivity contribution in [2.45, 2.75) is 81.6 Å². The summed E-state index contributed by atoms with van der Waals surface area (Å²) in [6.45, 7) is 1.67. The molecule has 2 unspecified atom stereocenters. The van der Waals surface area contributed by atoms with Crippen LogP contribution in [0.3, 0.4) is 0 Å². The van der Waals surface area contributed by atoms with Crippen LogP contribution in [0.5, 0.6) is 0 Å². The van der Waals surface area contributed by atoms with Gasteiger partial charge in [0.25, 0.3) is 0 Å². The number of carboxylic acid groups (broad SMARTS) is 1. The monoisotopic (exact) mass is 493 g/mol. The van der Waals surface area contributed by atoms with E-state index in [4.69, 9.17) is 11.6 Å². The van der Waals surface area contributed by atoms with Crippen LogP contribution in [0, 0.1) is 36.0 Å². The fourth-order valence-corrected chi connectivity index (χ4v) is 9.69. The maximum atomic E-state index is 13.8. The highest BCUT2D eigenvalue weighted by Gasteiger charge is 2.59. The Bertz CT molecular complexity index is 1080. The molecule has 2 atom stereocenters. The van der Waals surface area contributed by atoms with E-state index in [9.17, 15) is 23.1 Å². The van der Waals surface area contributed by atoms with Gasteiger partial charge in [-0.2, -0.15) is 4.72 Å². The first-order valence-electron chi connectivity index (χ1n) is 12.1. The number of carbonyl (C=O) groups excluding carboxylic acids is 1. The number of Topliss-reactive ketones (excluding diaryl/α,β-unsaturated/α-hetero) is 1. The van der Waals surface area contributed by atoms with E-state index < -0.39 is 26.9 Å². The molecule has 8 heteroatoms. The average molecular weight is 494 g/mol. The molecule has 5 aliphatic carbocycles. The van der Waals surface area contributed by atoms with Crippen LogP contribution in [-0.2, 0) is 19.6 Å². The van der Waals surface area contributed by atoms with Crippen LogP contribution >= 0.6 is 11.6 Å². The number of aliphatic carboxylic acids is 1. The Labute approximate surface area is 200 Å². The molecule has 0 saturated heterocycles. The lowest BCUT2D eigenvalue weighted by Crippen LogP contribution is -2.57. The van der Waals surface area contributed by atoms with Gasteiger partial charge in [-0.15, -0.1) is 0 Å². The van der Waals surface area contributed by atoms with Crippen LogP contribution in [0.1, 0.15) is 69.8 Å². The molecule has 5 aliphatic rings. The van der Waals surface area contributed by atoms with Crippen LogP contribution in [0.2, 0.25) is 5.02 Å². The second-order valence-electron chi connectivity index (χ2n) is 11.1. The van der Waals surface area contributed by atoms with E-state index in [1.54, 1.807) is 19.1 Å². The zero-order chi connectivity index (χ0) is 23.6. The van der Waals surface area contributed by atoms with Gasteiger partial charge in [-0.3, -0.25) is 9.59 Å². The Morgan fingerprint density at radius 3 is 2.36 bits per heavy atom. The van der Waals surface area contributed by atoms with Crippen molar-refractivity contribution in [2.24, 2.45) is 29.1 Å². The van der Waals surface area contributed by atoms with E-state index in [2.05, 4.69) is 4.72 Å². The van der Waals surface area contributed by atoms with Gasteiger partial charge in [0.15, 0.2) is 5.78 Å². The lowest BCUT2D eigenvalue weighted by molar-refractivity contribution is -0.171. The molecule has 0 amide bonds. The van der Waals surface area contributed by atoms with Gasteiger partial charge >= 0.3 is 5.97 Å². The molecule has 1 aromatic carbocycles. The second kappa shape index (κ2) is 8.06. The quantitative estimate of drug-likeness (QED) is 0.572. The van der Waals surface area contributed by atoms with E-state index in [-0.39, 0.29) is 28.4 Å². The van der Waals surface area contributed by atoms with Crippen LogP contribution in [-0.4, -0.2) is 30.8 Å². The summed E-state index contributed by atoms with van der Waals surface area (Å²) in [5, 5.41) is 10.3. The zero-order valence-electron chi connectivity index (χ0n) is 19.0. The number of hydrogen-bond acceptors (Lipinski definition) is 4. The molecular formula is C25H32ClNO5S. The summed E-state index contributed by atoms with van der Waals surface area (Å²) < 4.78 is 29.5. The maximum Gasteiger partial charge on any atom is 0.309 e. The molecule has 4 bridgehead atoms. The molecule has 1 aromatic rings. The molecule has 6 rings (SSSR count). The molecule has 2 N–H and O–H groups in total. The number of hydrogen-bond donors (Lipinski definition) is 2. The third-order valence-electron chi connectivity index (χ3n) is 9.17. The Morgan fingerprint density at radius 1 is 1.12 bits per heavy atom. The average Bonchev–Trinajstić information content (AvgIpc) is 3.21. The number of carbonyl (C=O) groups is 2. The number of nitrogens with one attached hydrogen (secondary N) is 1. The number of carboxylic acids is 1. The maximum absolute atomic E-state index is 13.8. The summed E-state index contributed by atoms with van der Waals surface area (Å²) in [6, 6.07) is 4.79. The first kappa shape index (κ1) is 23.3. The molecular weight excluding hydrogens is 462 g/mol. The van der Waals surface area contributed by atoms with Crippen molar-refractivity contribution in [1.82, 2.24) is 4.72 Å². The number of rotatable bonds is 7. The molecule has 0 aromatic heterocycles. The minimum Gasteiger partial charge on any atom is -0.481 e. The summed E-state index contributed by atoms with van der Waals surface area (Å²) >= 11 is 6.16. The molecule has 0 heterocycles. The smallest absolute Gasteiger partial charge is 0.309 e. The van der Waals surface area contributed by atoms with Crippen molar-refractivity contribution in [2.75, 3.05) is 0 Å². The molecule has 0 spiro atoms. The normalized spacial score (nSPS) is 34.5. The van der Waals surface area contributed by atoms with Crippen molar-refractivity contribution < 1.29 is 23.1 Å². The molecule has 6 nitrogen and oxygen atoms in total. The minimum atomic E-state index is -3.92. The fraction of sp³-hybridized carbons (Fsp3) is 0.680. The van der Waals surface area contributed by atoms with Gasteiger partial charge in [0, 0.05) is 11.4 Å². The van der Waals surface area contributed by atoms with Crippen LogP contribution in [0.15, 0.2) is 23.1 Å². The van der Waals surface area contributed by atoms with Crippen molar-refractivity contribution in [3.05, 3.63) is 28.8 Å². The predicted molar refractivity (Wildman–Crippen MR) is 124 cm³/mol. The summed E-state index contributed by atoms with van der Waals surface area (Å²) in [4.78, 5) is 25.9. The topological polar surface area (TPSA) is 101 Å². The number of benzene rings is 1. The highest BCUT2D eigenvalue weighted by Crippen LogP contribution is 2.63. The summed E-state index contributed by atoms with van der Waals surface area (Å²) in [5.74, 6) is 0.419. The van der Waals surface area contributed by atoms with Gasteiger partial charge in [0.1, 0.15) is 0 Å². The first-order chi connectivity index (χ1) is 15.6. The molecule has 33 heavy (non-hydrogen) atoms. The second-order valence-corrected chi connectivity index (χ2v) is 13.2. The predicted octanol–water partition coefficient (Wildman–Crippen LogP) is 4.73. The minimum absolute atomic E-state index is 0.0231. The standard InChI is InChI=1S/C25H32ClNO5S/c1-15-20(26)5-4-6-21(15)33(31,32)27-25(7-2-3-8-25)22(28)11-19-17-9-16-10-18(19)14-24(12-16,13-17)23(29)30/h4-6,16-19,27H,2-3,7-14H2,1H3,(H,29,30). The number of ketones is 1. The van der Waals surface area contributed by atoms with Gasteiger partial charge in [-0.25, -0.2) is 8.42 Å². The third-order valence-corrected chi connectivity index (χ3v) is 11.3. The highest BCUT2D eigenvalue weighted by atomic mass is 35.5. The molecule has 5 fully saturated rings. The Kier molecular flexibility index (Phi) is 5.69. The summed E-state index contributed by atoms with van der Waals surface area (Å²) in [7, 11) is -3.92. The Hall–Kier alpha value is -1.44. The third kappa shape index (κ3) is 3.84. The number of sulfonamides is 1. The van der Waals surface area contributed by atoms with E-state index in [1.807, 2.05) is 0 Å². The van der Waals surface area contributed by atoms with E-state index in [0.717, 1.165) is 32.1 Å². The summed E-state index contributed by atoms with van der Waals surface area (Å²) in [6.07, 6.45) is 7.08. The molecule has 180 valence electrons. The highest BCUT2D eigenvalue weighted by molar-refractivity contribution is 7.89. The van der Waals surface area contributed by atoms with Crippen molar-refractivity contribution in [1.29, 1.82) is 0 Å². The van der Waals surface area contributed by atoms with Gasteiger partial charge in [0.2, 0.25) is 10.0 Å². The molecule has 0 aliphatic heterocycles. The van der Waals surface area contributed by atoms with E-state index >= 15 is 0 Å². The van der Waals surface area contributed by atoms with Gasteiger partial charge < -0.3 is 5.11 Å². The fourth-order valence-electron chi connectivity index (χ4n) is 7.74. The van der Waals surface area contributed by atoms with Crippen LogP contribution in [0.4, 0.5) is 0 Å². The van der Waals surface area contributed by atoms with Crippen LogP contribution < -0.4 is 4.72 Å². The van der Waals surface area contributed by atoms with Gasteiger partial charge in [0.05, 0.1) is 15.8 Å². The lowest BCUT2D eigenvalue weighted by atomic mass is 9.45. The Morgan fingerprint density at radius 2 is 1.76 bits per heavy atom.